The molecule has 1 aromatic heterocycles. The average molecular weight is 306 g/mol. The Hall–Kier alpha value is -1.88. The quantitative estimate of drug-likeness (QED) is 0.924. The second-order valence-corrected chi connectivity index (χ2v) is 6.08. The van der Waals surface area contributed by atoms with Crippen LogP contribution in [0.5, 0.6) is 0 Å². The predicted molar refractivity (Wildman–Crippen MR) is 81.7 cm³/mol. The number of benzene rings is 1. The van der Waals surface area contributed by atoms with E-state index in [-0.39, 0.29) is 5.92 Å². The van der Waals surface area contributed by atoms with E-state index >= 15 is 0 Å². The van der Waals surface area contributed by atoms with Crippen molar-refractivity contribution in [3.8, 4) is 0 Å². The van der Waals surface area contributed by atoms with Crippen LogP contribution in [0.1, 0.15) is 13.3 Å². The zero-order valence-corrected chi connectivity index (χ0v) is 12.4. The highest BCUT2D eigenvalue weighted by Gasteiger charge is 2.30. The molecule has 1 fully saturated rings. The number of rotatable bonds is 2. The van der Waals surface area contributed by atoms with Crippen LogP contribution in [0.25, 0.3) is 10.9 Å². The number of carboxylic acids is 1. The molecular formula is C15H16ClN3O2. The Morgan fingerprint density at radius 2 is 2.19 bits per heavy atom. The van der Waals surface area contributed by atoms with Gasteiger partial charge in [0.15, 0.2) is 0 Å². The fourth-order valence-electron chi connectivity index (χ4n) is 2.97. The Kier molecular flexibility index (Phi) is 3.68. The first-order chi connectivity index (χ1) is 10.0. The van der Waals surface area contributed by atoms with Crippen molar-refractivity contribution in [2.75, 3.05) is 18.0 Å². The van der Waals surface area contributed by atoms with Crippen molar-refractivity contribution in [3.63, 3.8) is 0 Å². The molecule has 2 atom stereocenters. The van der Waals surface area contributed by atoms with E-state index in [9.17, 15) is 9.90 Å². The first-order valence-corrected chi connectivity index (χ1v) is 7.30. The van der Waals surface area contributed by atoms with Gasteiger partial charge in [-0.05, 0) is 30.5 Å². The van der Waals surface area contributed by atoms with Crippen molar-refractivity contribution in [1.29, 1.82) is 0 Å². The van der Waals surface area contributed by atoms with Crippen LogP contribution in [0.15, 0.2) is 24.5 Å². The van der Waals surface area contributed by atoms with Crippen LogP contribution in [0.3, 0.4) is 0 Å². The third-order valence-electron chi connectivity index (χ3n) is 3.89. The molecule has 2 unspecified atom stereocenters. The number of halogens is 1. The lowest BCUT2D eigenvalue weighted by atomic mass is 9.90. The first kappa shape index (κ1) is 14.1. The van der Waals surface area contributed by atoms with Crippen molar-refractivity contribution >= 4 is 34.3 Å². The summed E-state index contributed by atoms with van der Waals surface area (Å²) in [6.45, 7) is 3.36. The molecule has 1 N–H and O–H groups in total. The lowest BCUT2D eigenvalue weighted by Crippen LogP contribution is -2.43. The van der Waals surface area contributed by atoms with Gasteiger partial charge < -0.3 is 10.0 Å². The first-order valence-electron chi connectivity index (χ1n) is 6.92. The summed E-state index contributed by atoms with van der Waals surface area (Å²) in [6, 6.07) is 5.49. The molecule has 110 valence electrons. The van der Waals surface area contributed by atoms with E-state index in [1.165, 1.54) is 6.33 Å². The Labute approximate surface area is 127 Å². The van der Waals surface area contributed by atoms with Gasteiger partial charge in [-0.15, -0.1) is 0 Å². The van der Waals surface area contributed by atoms with Gasteiger partial charge in [-0.3, -0.25) is 4.79 Å². The molecule has 21 heavy (non-hydrogen) atoms. The predicted octanol–water partition coefficient (Wildman–Crippen LogP) is 2.83. The molecular weight excluding hydrogens is 290 g/mol. The maximum Gasteiger partial charge on any atom is 0.308 e. The van der Waals surface area contributed by atoms with Gasteiger partial charge in [-0.1, -0.05) is 18.5 Å². The maximum atomic E-state index is 11.3. The van der Waals surface area contributed by atoms with E-state index in [2.05, 4.69) is 16.9 Å². The zero-order valence-electron chi connectivity index (χ0n) is 11.7. The number of hydrogen-bond donors (Lipinski definition) is 1. The highest BCUT2D eigenvalue weighted by Crippen LogP contribution is 2.30. The topological polar surface area (TPSA) is 66.3 Å². The van der Waals surface area contributed by atoms with Gasteiger partial charge in [-0.2, -0.15) is 0 Å². The van der Waals surface area contributed by atoms with Gasteiger partial charge in [0.2, 0.25) is 0 Å². The minimum Gasteiger partial charge on any atom is -0.481 e. The van der Waals surface area contributed by atoms with Crippen molar-refractivity contribution < 1.29 is 9.90 Å². The summed E-state index contributed by atoms with van der Waals surface area (Å²) < 4.78 is 0. The van der Waals surface area contributed by atoms with Crippen LogP contribution >= 0.6 is 11.6 Å². The van der Waals surface area contributed by atoms with E-state index in [0.29, 0.717) is 23.9 Å². The summed E-state index contributed by atoms with van der Waals surface area (Å²) in [5.74, 6) is 0.00524. The average Bonchev–Trinajstić information content (AvgIpc) is 2.45. The number of fused-ring (bicyclic) bond motifs is 1. The molecule has 0 bridgehead atoms. The fourth-order valence-corrected chi connectivity index (χ4v) is 3.14. The molecule has 0 radical (unpaired) electrons. The van der Waals surface area contributed by atoms with Crippen LogP contribution in [0, 0.1) is 11.8 Å². The summed E-state index contributed by atoms with van der Waals surface area (Å²) in [4.78, 5) is 22.0. The van der Waals surface area contributed by atoms with Gasteiger partial charge in [0.25, 0.3) is 0 Å². The molecule has 0 saturated carbocycles. The van der Waals surface area contributed by atoms with E-state index in [1.807, 2.05) is 11.0 Å². The third-order valence-corrected chi connectivity index (χ3v) is 4.12. The summed E-state index contributed by atoms with van der Waals surface area (Å²) in [6.07, 6.45) is 2.21. The molecule has 0 spiro atoms. The van der Waals surface area contributed by atoms with Crippen LogP contribution in [0.4, 0.5) is 5.82 Å². The van der Waals surface area contributed by atoms with Crippen LogP contribution in [0.2, 0.25) is 5.02 Å². The Morgan fingerprint density at radius 3 is 2.95 bits per heavy atom. The molecule has 1 aliphatic rings. The number of piperidine rings is 1. The number of hydrogen-bond acceptors (Lipinski definition) is 4. The summed E-state index contributed by atoms with van der Waals surface area (Å²) in [5, 5.41) is 10.8. The number of nitrogens with zero attached hydrogens (tertiary/aromatic N) is 3. The largest absolute Gasteiger partial charge is 0.481 e. The van der Waals surface area contributed by atoms with E-state index in [0.717, 1.165) is 23.3 Å². The maximum absolute atomic E-state index is 11.3. The monoisotopic (exact) mass is 305 g/mol. The van der Waals surface area contributed by atoms with Crippen molar-refractivity contribution in [3.05, 3.63) is 29.5 Å². The number of carboxylic acid groups (broad SMARTS) is 1. The smallest absolute Gasteiger partial charge is 0.308 e. The molecule has 2 heterocycles. The van der Waals surface area contributed by atoms with Gasteiger partial charge >= 0.3 is 5.97 Å². The standard InChI is InChI=1S/C15H16ClN3O2/c1-9-4-10(15(20)21)7-19(6-9)14-12-3-2-11(16)5-13(12)17-8-18-14/h2-3,5,8-10H,4,6-7H2,1H3,(H,20,21). The second-order valence-electron chi connectivity index (χ2n) is 5.64. The lowest BCUT2D eigenvalue weighted by Gasteiger charge is -2.35. The zero-order chi connectivity index (χ0) is 15.0. The highest BCUT2D eigenvalue weighted by atomic mass is 35.5. The van der Waals surface area contributed by atoms with Crippen LogP contribution < -0.4 is 4.90 Å². The number of anilines is 1. The molecule has 0 amide bonds. The molecule has 1 saturated heterocycles. The number of aliphatic carboxylic acids is 1. The minimum absolute atomic E-state index is 0.317. The van der Waals surface area contributed by atoms with Crippen molar-refractivity contribution in [1.82, 2.24) is 9.97 Å². The van der Waals surface area contributed by atoms with Gasteiger partial charge in [0.05, 0.1) is 11.4 Å². The summed E-state index contributed by atoms with van der Waals surface area (Å²) in [7, 11) is 0. The lowest BCUT2D eigenvalue weighted by molar-refractivity contribution is -0.142. The Balaban J connectivity index is 2.01. The van der Waals surface area contributed by atoms with Gasteiger partial charge in [0.1, 0.15) is 12.1 Å². The molecule has 0 aliphatic carbocycles. The molecule has 3 rings (SSSR count). The molecule has 2 aromatic rings. The molecule has 6 heteroatoms. The fraction of sp³-hybridized carbons (Fsp3) is 0.400. The summed E-state index contributed by atoms with van der Waals surface area (Å²) >= 11 is 5.99. The number of aromatic nitrogens is 2. The Bertz CT molecular complexity index is 692. The van der Waals surface area contributed by atoms with E-state index < -0.39 is 5.97 Å². The molecule has 1 aliphatic heterocycles. The molecule has 1 aromatic carbocycles. The van der Waals surface area contributed by atoms with E-state index in [4.69, 9.17) is 11.6 Å². The van der Waals surface area contributed by atoms with Crippen molar-refractivity contribution in [2.24, 2.45) is 11.8 Å². The minimum atomic E-state index is -0.743. The Morgan fingerprint density at radius 1 is 1.38 bits per heavy atom. The van der Waals surface area contributed by atoms with Crippen molar-refractivity contribution in [2.45, 2.75) is 13.3 Å². The van der Waals surface area contributed by atoms with Gasteiger partial charge in [-0.25, -0.2) is 9.97 Å². The van der Waals surface area contributed by atoms with Crippen LogP contribution in [-0.4, -0.2) is 34.1 Å². The summed E-state index contributed by atoms with van der Waals surface area (Å²) in [5.41, 5.74) is 0.776. The number of carbonyl (C=O) groups is 1. The SMILES string of the molecule is CC1CC(C(=O)O)CN(c2ncnc3cc(Cl)ccc23)C1. The van der Waals surface area contributed by atoms with Crippen LogP contribution in [-0.2, 0) is 4.79 Å². The second kappa shape index (κ2) is 5.48. The normalized spacial score (nSPS) is 22.5. The highest BCUT2D eigenvalue weighted by molar-refractivity contribution is 6.31. The van der Waals surface area contributed by atoms with Gasteiger partial charge in [0, 0.05) is 23.5 Å². The van der Waals surface area contributed by atoms with E-state index in [1.54, 1.807) is 12.1 Å². The molecule has 5 nitrogen and oxygen atoms in total. The third kappa shape index (κ3) is 2.78.